The van der Waals surface area contributed by atoms with Gasteiger partial charge in [0.05, 0.1) is 11.3 Å². The molecule has 4 nitrogen and oxygen atoms in total. The van der Waals surface area contributed by atoms with Crippen LogP contribution in [0.1, 0.15) is 30.5 Å². The maximum Gasteiger partial charge on any atom is 0.417 e. The summed E-state index contributed by atoms with van der Waals surface area (Å²) in [6.07, 6.45) is -1.37. The van der Waals surface area contributed by atoms with E-state index in [0.29, 0.717) is 17.2 Å². The Morgan fingerprint density at radius 2 is 1.77 bits per heavy atom. The number of alkyl halides is 3. The van der Waals surface area contributed by atoms with Crippen LogP contribution in [0.3, 0.4) is 0 Å². The minimum atomic E-state index is -4.44. The van der Waals surface area contributed by atoms with Gasteiger partial charge in [-0.25, -0.2) is 5.10 Å². The van der Waals surface area contributed by atoms with Crippen LogP contribution < -0.4 is 9.58 Å². The average molecular weight is 361 g/mol. The van der Waals surface area contributed by atoms with Crippen molar-refractivity contribution in [3.63, 3.8) is 0 Å². The summed E-state index contributed by atoms with van der Waals surface area (Å²) in [5, 5.41) is 3.17. The predicted octanol–water partition coefficient (Wildman–Crippen LogP) is 4.16. The Morgan fingerprint density at radius 1 is 1.08 bits per heavy atom. The molecule has 1 aliphatic rings. The van der Waals surface area contributed by atoms with Gasteiger partial charge in [0.25, 0.3) is 0 Å². The first-order chi connectivity index (χ1) is 12.4. The number of para-hydroxylation sites is 1. The second kappa shape index (κ2) is 6.30. The molecular weight excluding hydrogens is 341 g/mol. The zero-order chi connectivity index (χ0) is 18.3. The van der Waals surface area contributed by atoms with E-state index < -0.39 is 11.7 Å². The van der Waals surface area contributed by atoms with Crippen LogP contribution >= 0.6 is 0 Å². The summed E-state index contributed by atoms with van der Waals surface area (Å²) in [5.74, 6) is 0.396. The lowest BCUT2D eigenvalue weighted by Gasteiger charge is -2.25. The fourth-order valence-corrected chi connectivity index (χ4v) is 3.60. The van der Waals surface area contributed by atoms with Gasteiger partial charge in [0.1, 0.15) is 5.39 Å². The summed E-state index contributed by atoms with van der Waals surface area (Å²) in [6, 6.07) is 10.5. The van der Waals surface area contributed by atoms with E-state index in [1.165, 1.54) is 6.07 Å². The highest BCUT2D eigenvalue weighted by atomic mass is 19.4. The number of hydrogen-bond acceptors (Lipinski definition) is 2. The highest BCUT2D eigenvalue weighted by Crippen LogP contribution is 2.37. The quantitative estimate of drug-likeness (QED) is 0.696. The Bertz CT molecular complexity index is 925. The Balaban J connectivity index is 1.98. The molecule has 0 bridgehead atoms. The fraction of sp³-hybridized carbons (Fsp3) is 0.368. The topological polar surface area (TPSA) is 35.8 Å². The van der Waals surface area contributed by atoms with Crippen molar-refractivity contribution >= 4 is 16.9 Å². The number of fused-ring (bicyclic) bond motifs is 1. The van der Waals surface area contributed by atoms with Crippen LogP contribution in [0.15, 0.2) is 36.4 Å². The monoisotopic (exact) mass is 361 g/mol. The molecule has 0 unspecified atom stereocenters. The van der Waals surface area contributed by atoms with E-state index in [1.54, 1.807) is 11.6 Å². The second-order valence-corrected chi connectivity index (χ2v) is 6.68. The zero-order valence-electron chi connectivity index (χ0n) is 14.5. The number of pyridine rings is 1. The van der Waals surface area contributed by atoms with Crippen LogP contribution in [0.2, 0.25) is 0 Å². The van der Waals surface area contributed by atoms with E-state index >= 15 is 0 Å². The van der Waals surface area contributed by atoms with E-state index in [4.69, 9.17) is 0 Å². The molecule has 26 heavy (non-hydrogen) atoms. The van der Waals surface area contributed by atoms with Crippen molar-refractivity contribution in [2.75, 3.05) is 18.0 Å². The Hall–Kier alpha value is -2.57. The SMILES string of the molecule is Cc1[nH][n+](-c2ccccc2)c2nc(N3CCCCC3)cc(C(F)(F)F)c12. The number of aryl methyl sites for hydroxylation is 1. The minimum absolute atomic E-state index is 0.127. The summed E-state index contributed by atoms with van der Waals surface area (Å²) in [7, 11) is 0. The van der Waals surface area contributed by atoms with Crippen LogP contribution in [0, 0.1) is 6.92 Å². The smallest absolute Gasteiger partial charge is 0.336 e. The maximum atomic E-state index is 13.8. The Labute approximate surface area is 149 Å². The number of nitrogens with zero attached hydrogens (tertiary/aromatic N) is 3. The zero-order valence-corrected chi connectivity index (χ0v) is 14.5. The van der Waals surface area contributed by atoms with Crippen LogP contribution in [-0.4, -0.2) is 23.2 Å². The molecule has 0 radical (unpaired) electrons. The lowest BCUT2D eigenvalue weighted by atomic mass is 10.1. The molecule has 0 atom stereocenters. The molecule has 1 aliphatic heterocycles. The van der Waals surface area contributed by atoms with Gasteiger partial charge < -0.3 is 4.90 Å². The predicted molar refractivity (Wildman–Crippen MR) is 93.4 cm³/mol. The standard InChI is InChI=1S/C19H19F3N4/c1-13-17-15(19(20,21)22)12-16(25-10-6-3-7-11-25)23-18(17)26(24-13)14-8-4-2-5-9-14/h2,4-5,8-9,12H,3,6-7,10-11H2,1H3/p+1. The van der Waals surface area contributed by atoms with Gasteiger partial charge in [0, 0.05) is 19.2 Å². The number of halogens is 3. The van der Waals surface area contributed by atoms with Gasteiger partial charge in [-0.2, -0.15) is 13.2 Å². The first-order valence-corrected chi connectivity index (χ1v) is 8.78. The van der Waals surface area contributed by atoms with Gasteiger partial charge in [-0.3, -0.25) is 0 Å². The van der Waals surface area contributed by atoms with E-state index in [-0.39, 0.29) is 5.39 Å². The molecule has 0 amide bonds. The number of H-pyrrole nitrogens is 1. The van der Waals surface area contributed by atoms with Crippen LogP contribution in [0.5, 0.6) is 0 Å². The Morgan fingerprint density at radius 3 is 2.42 bits per heavy atom. The van der Waals surface area contributed by atoms with Gasteiger partial charge in [-0.1, -0.05) is 18.2 Å². The van der Waals surface area contributed by atoms with E-state index in [2.05, 4.69) is 10.1 Å². The second-order valence-electron chi connectivity index (χ2n) is 6.68. The molecule has 3 aromatic rings. The molecule has 4 rings (SSSR count). The molecule has 0 aliphatic carbocycles. The van der Waals surface area contributed by atoms with Crippen molar-refractivity contribution in [1.29, 1.82) is 0 Å². The van der Waals surface area contributed by atoms with Gasteiger partial charge in [-0.15, -0.1) is 4.68 Å². The normalized spacial score (nSPS) is 15.6. The summed E-state index contributed by atoms with van der Waals surface area (Å²) < 4.78 is 43.0. The molecule has 1 aromatic carbocycles. The number of benzene rings is 1. The molecule has 3 heterocycles. The molecule has 0 spiro atoms. The van der Waals surface area contributed by atoms with E-state index in [1.807, 2.05) is 35.2 Å². The average Bonchev–Trinajstić information content (AvgIpc) is 2.98. The number of aromatic amines is 1. The van der Waals surface area contributed by atoms with Crippen molar-refractivity contribution in [2.24, 2.45) is 0 Å². The molecular formula is C19H20F3N4+. The number of hydrogen-bond donors (Lipinski definition) is 1. The number of nitrogens with one attached hydrogen (secondary N) is 1. The van der Waals surface area contributed by atoms with Gasteiger partial charge >= 0.3 is 11.8 Å². The third kappa shape index (κ3) is 2.91. The lowest BCUT2D eigenvalue weighted by molar-refractivity contribution is -0.632. The van der Waals surface area contributed by atoms with Crippen molar-refractivity contribution < 1.29 is 17.9 Å². The van der Waals surface area contributed by atoms with Crippen molar-refractivity contribution in [3.05, 3.63) is 47.7 Å². The fourth-order valence-electron chi connectivity index (χ4n) is 3.60. The third-order valence-corrected chi connectivity index (χ3v) is 4.85. The summed E-state index contributed by atoms with van der Waals surface area (Å²) >= 11 is 0. The first-order valence-electron chi connectivity index (χ1n) is 8.78. The summed E-state index contributed by atoms with van der Waals surface area (Å²) in [6.45, 7) is 3.13. The number of aromatic nitrogens is 3. The van der Waals surface area contributed by atoms with Gasteiger partial charge in [0.2, 0.25) is 5.82 Å². The van der Waals surface area contributed by atoms with Gasteiger partial charge in [0.15, 0.2) is 5.69 Å². The van der Waals surface area contributed by atoms with Crippen LogP contribution in [-0.2, 0) is 6.18 Å². The number of anilines is 1. The summed E-state index contributed by atoms with van der Waals surface area (Å²) in [4.78, 5) is 6.58. The Kier molecular flexibility index (Phi) is 4.09. The van der Waals surface area contributed by atoms with Crippen molar-refractivity contribution in [1.82, 2.24) is 10.1 Å². The number of rotatable bonds is 2. The molecule has 1 saturated heterocycles. The maximum absolute atomic E-state index is 13.8. The van der Waals surface area contributed by atoms with E-state index in [0.717, 1.165) is 38.0 Å². The molecule has 0 saturated carbocycles. The lowest BCUT2D eigenvalue weighted by Crippen LogP contribution is -2.35. The first kappa shape index (κ1) is 16.9. The highest BCUT2D eigenvalue weighted by molar-refractivity contribution is 5.82. The molecule has 1 fully saturated rings. The summed E-state index contributed by atoms with van der Waals surface area (Å²) in [5.41, 5.74) is 0.881. The third-order valence-electron chi connectivity index (χ3n) is 4.85. The van der Waals surface area contributed by atoms with Crippen molar-refractivity contribution in [2.45, 2.75) is 32.4 Å². The van der Waals surface area contributed by atoms with Gasteiger partial charge in [-0.05, 0) is 43.3 Å². The molecule has 2 aromatic heterocycles. The van der Waals surface area contributed by atoms with Crippen molar-refractivity contribution in [3.8, 4) is 5.69 Å². The minimum Gasteiger partial charge on any atom is -0.336 e. The molecule has 1 N–H and O–H groups in total. The molecule has 136 valence electrons. The number of piperidine rings is 1. The van der Waals surface area contributed by atoms with Crippen LogP contribution in [0.25, 0.3) is 16.7 Å². The molecule has 7 heteroatoms. The van der Waals surface area contributed by atoms with Crippen LogP contribution in [0.4, 0.5) is 19.0 Å². The highest BCUT2D eigenvalue weighted by Gasteiger charge is 2.39. The largest absolute Gasteiger partial charge is 0.417 e. The van der Waals surface area contributed by atoms with E-state index in [9.17, 15) is 13.2 Å².